The number of hydrogen-bond donors (Lipinski definition) is 1. The average Bonchev–Trinajstić information content (AvgIpc) is 2.46. The van der Waals surface area contributed by atoms with Gasteiger partial charge in [-0.1, -0.05) is 0 Å². The van der Waals surface area contributed by atoms with Gasteiger partial charge in [0.05, 0.1) is 0 Å². The van der Waals surface area contributed by atoms with Gasteiger partial charge < -0.3 is 0 Å². The number of hydrogen-bond acceptors (Lipinski definition) is 3. The summed E-state index contributed by atoms with van der Waals surface area (Å²) < 4.78 is 8.91. The molecule has 1 heterocycles. The third-order valence-electron chi connectivity index (χ3n) is 3.39. The fourth-order valence-electron chi connectivity index (χ4n) is 2.28. The van der Waals surface area contributed by atoms with Crippen molar-refractivity contribution in [3.8, 4) is 0 Å². The zero-order valence-corrected chi connectivity index (χ0v) is 15.6. The number of nitrogens with zero attached hydrogens (tertiary/aromatic N) is 1. The van der Waals surface area contributed by atoms with E-state index in [0.29, 0.717) is 12.2 Å². The van der Waals surface area contributed by atoms with E-state index in [1.54, 1.807) is 4.57 Å². The number of aromatic amines is 1. The minimum absolute atomic E-state index is 0.0360. The van der Waals surface area contributed by atoms with Crippen LogP contribution < -0.4 is 20.3 Å². The summed E-state index contributed by atoms with van der Waals surface area (Å²) in [6.45, 7) is 8.53. The van der Waals surface area contributed by atoms with Crippen LogP contribution in [-0.2, 0) is 11.5 Å². The second kappa shape index (κ2) is 7.77. The van der Waals surface area contributed by atoms with E-state index in [0.717, 1.165) is 9.05 Å². The molecule has 0 aliphatic rings. The van der Waals surface area contributed by atoms with E-state index in [9.17, 15) is 9.59 Å². The van der Waals surface area contributed by atoms with Gasteiger partial charge in [0.25, 0.3) is 0 Å². The molecule has 0 saturated heterocycles. The van der Waals surface area contributed by atoms with E-state index in [1.165, 1.54) is 5.56 Å². The molecule has 0 aliphatic carbocycles. The first-order valence-electron chi connectivity index (χ1n) is 7.63. The van der Waals surface area contributed by atoms with Crippen molar-refractivity contribution < 1.29 is 4.74 Å². The van der Waals surface area contributed by atoms with Crippen LogP contribution >= 0.6 is 0 Å². The predicted octanol–water partition coefficient (Wildman–Crippen LogP) is 0.617. The van der Waals surface area contributed by atoms with Crippen molar-refractivity contribution in [2.24, 2.45) is 0 Å². The molecule has 0 fully saturated rings. The van der Waals surface area contributed by atoms with E-state index >= 15 is 0 Å². The number of rotatable bonds is 6. The molecule has 0 spiro atoms. The third kappa shape index (κ3) is 4.22. The molecule has 5 nitrogen and oxygen atoms in total. The SMILES string of the molecule is CCOCn1c([Se]c2cccc(C)c2)c(C(C)C)c(=O)[nH]c1=O. The first-order valence-corrected chi connectivity index (χ1v) is 9.34. The molecule has 0 atom stereocenters. The van der Waals surface area contributed by atoms with Gasteiger partial charge >= 0.3 is 141 Å². The first-order chi connectivity index (χ1) is 10.9. The molecular weight excluding hydrogens is 359 g/mol. The van der Waals surface area contributed by atoms with Crippen molar-refractivity contribution in [3.63, 3.8) is 0 Å². The van der Waals surface area contributed by atoms with Crippen molar-refractivity contribution in [2.75, 3.05) is 6.61 Å². The fourth-order valence-corrected chi connectivity index (χ4v) is 5.00. The Morgan fingerprint density at radius 3 is 2.65 bits per heavy atom. The molecule has 1 aromatic carbocycles. The Balaban J connectivity index is 2.61. The Morgan fingerprint density at radius 1 is 1.30 bits per heavy atom. The molecule has 124 valence electrons. The van der Waals surface area contributed by atoms with E-state index in [4.69, 9.17) is 4.74 Å². The van der Waals surface area contributed by atoms with Crippen LogP contribution in [0.4, 0.5) is 0 Å². The monoisotopic (exact) mass is 382 g/mol. The summed E-state index contributed by atoms with van der Waals surface area (Å²) in [4.78, 5) is 26.9. The number of benzene rings is 1. The number of aromatic nitrogens is 2. The van der Waals surface area contributed by atoms with Gasteiger partial charge in [-0.25, -0.2) is 0 Å². The summed E-state index contributed by atoms with van der Waals surface area (Å²) in [6, 6.07) is 8.17. The zero-order valence-electron chi connectivity index (χ0n) is 13.9. The Morgan fingerprint density at radius 2 is 2.04 bits per heavy atom. The third-order valence-corrected chi connectivity index (χ3v) is 5.75. The van der Waals surface area contributed by atoms with Crippen LogP contribution in [0.3, 0.4) is 0 Å². The zero-order chi connectivity index (χ0) is 17.0. The molecule has 6 heteroatoms. The maximum absolute atomic E-state index is 12.3. The van der Waals surface area contributed by atoms with Crippen molar-refractivity contribution in [1.82, 2.24) is 9.55 Å². The second-order valence-electron chi connectivity index (χ2n) is 5.60. The molecule has 2 rings (SSSR count). The Hall–Kier alpha value is -1.62. The molecule has 0 unspecified atom stereocenters. The van der Waals surface area contributed by atoms with E-state index in [-0.39, 0.29) is 33.2 Å². The molecule has 0 bridgehead atoms. The summed E-state index contributed by atoms with van der Waals surface area (Å²) in [5, 5.41) is 0. The van der Waals surface area contributed by atoms with Crippen molar-refractivity contribution in [1.29, 1.82) is 0 Å². The van der Waals surface area contributed by atoms with Crippen LogP contribution in [0.5, 0.6) is 0 Å². The summed E-state index contributed by atoms with van der Waals surface area (Å²) in [7, 11) is 0. The van der Waals surface area contributed by atoms with Gasteiger partial charge in [-0.3, -0.25) is 0 Å². The molecular formula is C17H22N2O3Se. The average molecular weight is 381 g/mol. The second-order valence-corrected chi connectivity index (χ2v) is 7.83. The summed E-state index contributed by atoms with van der Waals surface area (Å²) >= 11 is -0.143. The predicted molar refractivity (Wildman–Crippen MR) is 93.2 cm³/mol. The standard InChI is InChI=1S/C17H22N2O3Se/c1-5-22-10-19-16(23-13-8-6-7-12(4)9-13)14(11(2)3)15(20)18-17(19)21/h6-9,11H,5,10H2,1-4H3,(H,18,20,21). The molecule has 0 saturated carbocycles. The van der Waals surface area contributed by atoms with Gasteiger partial charge in [-0.2, -0.15) is 0 Å². The molecule has 23 heavy (non-hydrogen) atoms. The van der Waals surface area contributed by atoms with E-state index in [2.05, 4.69) is 11.1 Å². The Bertz CT molecular complexity index is 793. The number of ether oxygens (including phenoxy) is 1. The quantitative estimate of drug-likeness (QED) is 0.747. The van der Waals surface area contributed by atoms with Crippen molar-refractivity contribution in [2.45, 2.75) is 40.3 Å². The minimum atomic E-state index is -0.405. The molecule has 0 aliphatic heterocycles. The van der Waals surface area contributed by atoms with Gasteiger partial charge in [0.2, 0.25) is 0 Å². The van der Waals surface area contributed by atoms with Gasteiger partial charge in [-0.05, 0) is 0 Å². The van der Waals surface area contributed by atoms with E-state index in [1.807, 2.05) is 45.9 Å². The van der Waals surface area contributed by atoms with Gasteiger partial charge in [0.1, 0.15) is 0 Å². The van der Waals surface area contributed by atoms with Crippen LogP contribution in [0.15, 0.2) is 33.9 Å². The molecule has 1 aromatic heterocycles. The topological polar surface area (TPSA) is 64.1 Å². The van der Waals surface area contributed by atoms with Crippen molar-refractivity contribution >= 4 is 24.0 Å². The van der Waals surface area contributed by atoms with Crippen LogP contribution in [0.25, 0.3) is 0 Å². The van der Waals surface area contributed by atoms with Gasteiger partial charge in [0, 0.05) is 0 Å². The van der Waals surface area contributed by atoms with Crippen LogP contribution in [0.1, 0.15) is 37.8 Å². The molecule has 2 aromatic rings. The normalized spacial score (nSPS) is 11.2. The maximum atomic E-state index is 12.3. The Kier molecular flexibility index (Phi) is 5.99. The van der Waals surface area contributed by atoms with Crippen LogP contribution in [-0.4, -0.2) is 31.1 Å². The number of H-pyrrole nitrogens is 1. The number of aryl methyl sites for hydroxylation is 1. The summed E-state index contributed by atoms with van der Waals surface area (Å²) in [5.74, 6) is 0.0360. The van der Waals surface area contributed by atoms with Crippen LogP contribution in [0, 0.1) is 6.92 Å². The Labute approximate surface area is 141 Å². The van der Waals surface area contributed by atoms with Crippen LogP contribution in [0.2, 0.25) is 0 Å². The van der Waals surface area contributed by atoms with E-state index < -0.39 is 5.69 Å². The fraction of sp³-hybridized carbons (Fsp3) is 0.412. The first kappa shape index (κ1) is 17.7. The summed E-state index contributed by atoms with van der Waals surface area (Å²) in [6.07, 6.45) is 0. The number of nitrogens with one attached hydrogen (secondary N) is 1. The van der Waals surface area contributed by atoms with Gasteiger partial charge in [-0.15, -0.1) is 0 Å². The molecule has 0 amide bonds. The summed E-state index contributed by atoms with van der Waals surface area (Å²) in [5.41, 5.74) is 1.14. The van der Waals surface area contributed by atoms with Crippen molar-refractivity contribution in [3.05, 3.63) is 56.2 Å². The van der Waals surface area contributed by atoms with Gasteiger partial charge in [0.15, 0.2) is 0 Å². The molecule has 1 N–H and O–H groups in total. The molecule has 0 radical (unpaired) electrons.